The van der Waals surface area contributed by atoms with Crippen LogP contribution in [-0.4, -0.2) is 6.54 Å². The summed E-state index contributed by atoms with van der Waals surface area (Å²) in [5.74, 6) is 0.961. The second kappa shape index (κ2) is 5.79. The van der Waals surface area contributed by atoms with Crippen LogP contribution in [0.1, 0.15) is 30.0 Å². The van der Waals surface area contributed by atoms with Crippen LogP contribution in [0, 0.1) is 0 Å². The van der Waals surface area contributed by atoms with Gasteiger partial charge in [-0.25, -0.2) is 0 Å². The van der Waals surface area contributed by atoms with Gasteiger partial charge in [0, 0.05) is 14.3 Å². The smallest absolute Gasteiger partial charge is 0.140 e. The summed E-state index contributed by atoms with van der Waals surface area (Å²) in [5, 5.41) is 5.71. The molecule has 0 saturated heterocycles. The minimum Gasteiger partial charge on any atom is -0.466 e. The highest BCUT2D eigenvalue weighted by molar-refractivity contribution is 9.10. The molecule has 0 saturated carbocycles. The summed E-state index contributed by atoms with van der Waals surface area (Å²) in [6, 6.07) is 6.54. The third kappa shape index (κ3) is 2.65. The van der Waals surface area contributed by atoms with E-state index >= 15 is 0 Å². The van der Waals surface area contributed by atoms with Gasteiger partial charge in [-0.2, -0.15) is 0 Å². The van der Waals surface area contributed by atoms with Gasteiger partial charge in [0.1, 0.15) is 11.8 Å². The first kappa shape index (κ1) is 13.4. The topological polar surface area (TPSA) is 25.2 Å². The Bertz CT molecular complexity index is 641. The highest BCUT2D eigenvalue weighted by Gasteiger charge is 2.21. The quantitative estimate of drug-likeness (QED) is 0.661. The summed E-state index contributed by atoms with van der Waals surface area (Å²) in [4.78, 5) is 1.31. The van der Waals surface area contributed by atoms with E-state index in [1.807, 2.05) is 17.4 Å². The van der Waals surface area contributed by atoms with Crippen molar-refractivity contribution in [1.29, 1.82) is 0 Å². The average Bonchev–Trinajstić information content (AvgIpc) is 3.06. The molecule has 0 aliphatic heterocycles. The van der Waals surface area contributed by atoms with Gasteiger partial charge in [-0.15, -0.1) is 22.7 Å². The summed E-state index contributed by atoms with van der Waals surface area (Å²) < 4.78 is 9.38. The van der Waals surface area contributed by atoms with E-state index in [0.717, 1.165) is 23.2 Å². The molecular formula is C14H14BrNOS2. The molecule has 1 unspecified atom stereocenters. The first-order valence-corrected chi connectivity index (χ1v) is 8.71. The van der Waals surface area contributed by atoms with Gasteiger partial charge in [-0.3, -0.25) is 0 Å². The zero-order chi connectivity index (χ0) is 13.2. The maximum Gasteiger partial charge on any atom is 0.140 e. The summed E-state index contributed by atoms with van der Waals surface area (Å²) in [6.45, 7) is 3.15. The van der Waals surface area contributed by atoms with Crippen LogP contribution in [0.2, 0.25) is 0 Å². The molecule has 0 aliphatic rings. The van der Waals surface area contributed by atoms with Crippen LogP contribution < -0.4 is 5.32 Å². The van der Waals surface area contributed by atoms with Crippen LogP contribution in [0.3, 0.4) is 0 Å². The van der Waals surface area contributed by atoms with Gasteiger partial charge in [0.05, 0.1) is 10.7 Å². The fraction of sp³-hybridized carbons (Fsp3) is 0.286. The molecule has 3 aromatic rings. The highest BCUT2D eigenvalue weighted by atomic mass is 79.9. The lowest BCUT2D eigenvalue weighted by atomic mass is 10.2. The Morgan fingerprint density at radius 2 is 2.26 bits per heavy atom. The predicted octanol–water partition coefficient (Wildman–Crippen LogP) is 5.41. The van der Waals surface area contributed by atoms with Crippen LogP contribution in [0.4, 0.5) is 0 Å². The van der Waals surface area contributed by atoms with Crippen LogP contribution in [0.25, 0.3) is 9.40 Å². The van der Waals surface area contributed by atoms with E-state index in [2.05, 4.69) is 45.7 Å². The van der Waals surface area contributed by atoms with E-state index in [1.54, 1.807) is 17.6 Å². The van der Waals surface area contributed by atoms with Gasteiger partial charge >= 0.3 is 0 Å². The molecule has 3 aromatic heterocycles. The Hall–Kier alpha value is -0.620. The first-order chi connectivity index (χ1) is 9.29. The first-order valence-electron chi connectivity index (χ1n) is 6.22. The van der Waals surface area contributed by atoms with E-state index in [4.69, 9.17) is 4.42 Å². The lowest BCUT2D eigenvalue weighted by molar-refractivity contribution is 0.447. The second-order valence-electron chi connectivity index (χ2n) is 4.32. The molecule has 0 radical (unpaired) electrons. The van der Waals surface area contributed by atoms with Gasteiger partial charge in [0.25, 0.3) is 0 Å². The van der Waals surface area contributed by atoms with Crippen LogP contribution in [-0.2, 0) is 0 Å². The number of fused-ring (bicyclic) bond motifs is 1. The number of rotatable bonds is 5. The van der Waals surface area contributed by atoms with Crippen molar-refractivity contribution in [2.24, 2.45) is 0 Å². The van der Waals surface area contributed by atoms with Crippen molar-refractivity contribution in [3.8, 4) is 0 Å². The van der Waals surface area contributed by atoms with E-state index in [1.165, 1.54) is 14.3 Å². The SMILES string of the molecule is CCCNC(c1cc2sccc2s1)c1occc1Br. The van der Waals surface area contributed by atoms with Crippen LogP contribution in [0.5, 0.6) is 0 Å². The monoisotopic (exact) mass is 355 g/mol. The molecule has 2 nitrogen and oxygen atoms in total. The van der Waals surface area contributed by atoms with Crippen LogP contribution >= 0.6 is 38.6 Å². The van der Waals surface area contributed by atoms with Crippen molar-refractivity contribution in [3.05, 3.63) is 45.0 Å². The zero-order valence-electron chi connectivity index (χ0n) is 10.5. The Balaban J connectivity index is 1.98. The Morgan fingerprint density at radius 1 is 1.37 bits per heavy atom. The Kier molecular flexibility index (Phi) is 4.07. The fourth-order valence-electron chi connectivity index (χ4n) is 2.05. The van der Waals surface area contributed by atoms with Crippen molar-refractivity contribution >= 4 is 48.0 Å². The van der Waals surface area contributed by atoms with Gasteiger partial charge in [-0.1, -0.05) is 6.92 Å². The number of nitrogens with one attached hydrogen (secondary N) is 1. The normalized spacial score (nSPS) is 13.2. The van der Waals surface area contributed by atoms with Crippen LogP contribution in [0.15, 0.2) is 38.7 Å². The second-order valence-corrected chi connectivity index (χ2v) is 7.24. The number of hydrogen-bond acceptors (Lipinski definition) is 4. The Morgan fingerprint density at radius 3 is 2.95 bits per heavy atom. The molecular weight excluding hydrogens is 342 g/mol. The van der Waals surface area contributed by atoms with E-state index in [-0.39, 0.29) is 6.04 Å². The van der Waals surface area contributed by atoms with Crippen molar-refractivity contribution in [3.63, 3.8) is 0 Å². The molecule has 3 rings (SSSR count). The molecule has 0 amide bonds. The number of furan rings is 1. The molecule has 19 heavy (non-hydrogen) atoms. The van der Waals surface area contributed by atoms with Gasteiger partial charge in [-0.05, 0) is 52.5 Å². The number of hydrogen-bond donors (Lipinski definition) is 1. The summed E-state index contributed by atoms with van der Waals surface area (Å²) >= 11 is 7.19. The predicted molar refractivity (Wildman–Crippen MR) is 86.2 cm³/mol. The maximum absolute atomic E-state index is 5.65. The fourth-order valence-corrected chi connectivity index (χ4v) is 4.67. The van der Waals surface area contributed by atoms with Crippen molar-refractivity contribution < 1.29 is 4.42 Å². The molecule has 1 N–H and O–H groups in total. The van der Waals surface area contributed by atoms with E-state index in [0.29, 0.717) is 0 Å². The standard InChI is InChI=1S/C14H14BrNOS2/c1-2-5-16-13(14-9(15)3-6-17-14)12-8-11-10(19-12)4-7-18-11/h3-4,6-8,13,16H,2,5H2,1H3. The average molecular weight is 356 g/mol. The summed E-state index contributed by atoms with van der Waals surface area (Å²) in [5.41, 5.74) is 0. The molecule has 1 atom stereocenters. The van der Waals surface area contributed by atoms with Crippen molar-refractivity contribution in [2.45, 2.75) is 19.4 Å². The lowest BCUT2D eigenvalue weighted by Crippen LogP contribution is -2.22. The molecule has 0 spiro atoms. The van der Waals surface area contributed by atoms with Gasteiger partial charge < -0.3 is 9.73 Å². The molecule has 5 heteroatoms. The molecule has 0 aromatic carbocycles. The minimum atomic E-state index is 0.133. The highest BCUT2D eigenvalue weighted by Crippen LogP contribution is 2.38. The summed E-state index contributed by atoms with van der Waals surface area (Å²) in [6.07, 6.45) is 2.84. The molecule has 3 heterocycles. The molecule has 0 aliphatic carbocycles. The van der Waals surface area contributed by atoms with E-state index < -0.39 is 0 Å². The zero-order valence-corrected chi connectivity index (χ0v) is 13.7. The molecule has 100 valence electrons. The third-order valence-corrected chi connectivity index (χ3v) is 5.76. The van der Waals surface area contributed by atoms with Gasteiger partial charge in [0.2, 0.25) is 0 Å². The molecule has 0 bridgehead atoms. The number of thiophene rings is 2. The lowest BCUT2D eigenvalue weighted by Gasteiger charge is -2.15. The van der Waals surface area contributed by atoms with Crippen molar-refractivity contribution in [2.75, 3.05) is 6.54 Å². The largest absolute Gasteiger partial charge is 0.466 e. The molecule has 0 fully saturated rings. The van der Waals surface area contributed by atoms with Crippen molar-refractivity contribution in [1.82, 2.24) is 5.32 Å². The van der Waals surface area contributed by atoms with E-state index in [9.17, 15) is 0 Å². The minimum absolute atomic E-state index is 0.133. The Labute approximate surface area is 128 Å². The third-order valence-electron chi connectivity index (χ3n) is 2.95. The van der Waals surface area contributed by atoms with Gasteiger partial charge in [0.15, 0.2) is 0 Å². The maximum atomic E-state index is 5.65. The summed E-state index contributed by atoms with van der Waals surface area (Å²) in [7, 11) is 0. The number of halogens is 1.